The standard InChI is InChI=1S/C17H14BrNO2/c1-20-16-9-13(15(18)10-17(16)21-2)8-14(11-19)12-6-4-3-5-7-12/h3-10H,1-2H3. The molecule has 0 unspecified atom stereocenters. The van der Waals surface area contributed by atoms with Crippen molar-refractivity contribution in [1.82, 2.24) is 0 Å². The highest BCUT2D eigenvalue weighted by Crippen LogP contribution is 2.35. The highest BCUT2D eigenvalue weighted by atomic mass is 79.9. The summed E-state index contributed by atoms with van der Waals surface area (Å²) in [6.07, 6.45) is 1.82. The Hall–Kier alpha value is -2.25. The number of hydrogen-bond acceptors (Lipinski definition) is 3. The van der Waals surface area contributed by atoms with E-state index in [-0.39, 0.29) is 0 Å². The number of methoxy groups -OCH3 is 2. The van der Waals surface area contributed by atoms with Crippen molar-refractivity contribution in [1.29, 1.82) is 5.26 Å². The number of allylic oxidation sites excluding steroid dienone is 1. The molecule has 0 saturated carbocycles. The zero-order valence-electron chi connectivity index (χ0n) is 11.8. The SMILES string of the molecule is COc1cc(Br)c(C=C(C#N)c2ccccc2)cc1OC. The van der Waals surface area contributed by atoms with Crippen LogP contribution in [0.4, 0.5) is 0 Å². The maximum absolute atomic E-state index is 9.37. The number of nitrogens with zero attached hydrogens (tertiary/aromatic N) is 1. The minimum Gasteiger partial charge on any atom is -0.493 e. The Balaban J connectivity index is 2.51. The Kier molecular flexibility index (Phi) is 5.02. The summed E-state index contributed by atoms with van der Waals surface area (Å²) in [7, 11) is 3.17. The van der Waals surface area contributed by atoms with Gasteiger partial charge in [0.25, 0.3) is 0 Å². The van der Waals surface area contributed by atoms with Crippen molar-refractivity contribution in [2.45, 2.75) is 0 Å². The Bertz CT molecular complexity index is 703. The molecular formula is C17H14BrNO2. The van der Waals surface area contributed by atoms with E-state index in [1.165, 1.54) is 0 Å². The Morgan fingerprint density at radius 2 is 1.71 bits per heavy atom. The number of nitriles is 1. The largest absolute Gasteiger partial charge is 0.493 e. The van der Waals surface area contributed by atoms with E-state index < -0.39 is 0 Å². The highest BCUT2D eigenvalue weighted by Gasteiger charge is 2.09. The average molecular weight is 344 g/mol. The molecule has 2 aromatic carbocycles. The van der Waals surface area contributed by atoms with Gasteiger partial charge in [-0.3, -0.25) is 0 Å². The maximum atomic E-state index is 9.37. The smallest absolute Gasteiger partial charge is 0.161 e. The van der Waals surface area contributed by atoms with Crippen LogP contribution >= 0.6 is 15.9 Å². The summed E-state index contributed by atoms with van der Waals surface area (Å²) in [5, 5.41) is 9.37. The molecule has 0 radical (unpaired) electrons. The van der Waals surface area contributed by atoms with E-state index in [0.717, 1.165) is 15.6 Å². The predicted molar refractivity (Wildman–Crippen MR) is 87.2 cm³/mol. The molecule has 2 rings (SSSR count). The normalized spacial score (nSPS) is 10.9. The first kappa shape index (κ1) is 15.1. The second-order valence-electron chi connectivity index (χ2n) is 4.26. The van der Waals surface area contributed by atoms with Crippen molar-refractivity contribution < 1.29 is 9.47 Å². The molecule has 0 spiro atoms. The van der Waals surface area contributed by atoms with Gasteiger partial charge in [0, 0.05) is 4.47 Å². The maximum Gasteiger partial charge on any atom is 0.161 e. The summed E-state index contributed by atoms with van der Waals surface area (Å²) in [4.78, 5) is 0. The fourth-order valence-corrected chi connectivity index (χ4v) is 2.37. The Labute approximate surface area is 132 Å². The van der Waals surface area contributed by atoms with Crippen molar-refractivity contribution in [3.8, 4) is 17.6 Å². The summed E-state index contributed by atoms with van der Waals surface area (Å²) in [5.41, 5.74) is 2.32. The molecule has 0 N–H and O–H groups in total. The third-order valence-corrected chi connectivity index (χ3v) is 3.69. The third kappa shape index (κ3) is 3.45. The summed E-state index contributed by atoms with van der Waals surface area (Å²) >= 11 is 3.49. The molecule has 0 saturated heterocycles. The van der Waals surface area contributed by atoms with E-state index in [9.17, 15) is 5.26 Å². The van der Waals surface area contributed by atoms with Crippen LogP contribution in [0.15, 0.2) is 46.9 Å². The lowest BCUT2D eigenvalue weighted by molar-refractivity contribution is 0.354. The number of ether oxygens (including phenoxy) is 2. The molecule has 4 heteroatoms. The summed E-state index contributed by atoms with van der Waals surface area (Å²) in [6, 6.07) is 15.4. The average Bonchev–Trinajstić information content (AvgIpc) is 2.54. The van der Waals surface area contributed by atoms with Crippen LogP contribution in [0, 0.1) is 11.3 Å². The molecular weight excluding hydrogens is 330 g/mol. The second kappa shape index (κ2) is 6.96. The fourth-order valence-electron chi connectivity index (χ4n) is 1.93. The summed E-state index contributed by atoms with van der Waals surface area (Å²) in [6.45, 7) is 0. The first-order valence-corrected chi connectivity index (χ1v) is 7.07. The Morgan fingerprint density at radius 3 is 2.29 bits per heavy atom. The van der Waals surface area contributed by atoms with Crippen LogP contribution in [0.3, 0.4) is 0 Å². The van der Waals surface area contributed by atoms with E-state index >= 15 is 0 Å². The number of halogens is 1. The van der Waals surface area contributed by atoms with Crippen LogP contribution < -0.4 is 9.47 Å². The minimum atomic E-state index is 0.587. The van der Waals surface area contributed by atoms with Gasteiger partial charge in [-0.15, -0.1) is 0 Å². The zero-order chi connectivity index (χ0) is 15.2. The van der Waals surface area contributed by atoms with Crippen molar-refractivity contribution >= 4 is 27.6 Å². The molecule has 0 atom stereocenters. The van der Waals surface area contributed by atoms with Crippen molar-refractivity contribution in [2.75, 3.05) is 14.2 Å². The molecule has 0 aliphatic carbocycles. The van der Waals surface area contributed by atoms with Crippen LogP contribution in [0.2, 0.25) is 0 Å². The molecule has 0 aromatic heterocycles. The molecule has 0 fully saturated rings. The van der Waals surface area contributed by atoms with E-state index in [4.69, 9.17) is 9.47 Å². The van der Waals surface area contributed by atoms with Gasteiger partial charge in [-0.05, 0) is 29.3 Å². The third-order valence-electron chi connectivity index (χ3n) is 3.01. The molecule has 0 aliphatic heterocycles. The van der Waals surface area contributed by atoms with Gasteiger partial charge < -0.3 is 9.47 Å². The molecule has 0 amide bonds. The van der Waals surface area contributed by atoms with Gasteiger partial charge >= 0.3 is 0 Å². The lowest BCUT2D eigenvalue weighted by Gasteiger charge is -2.10. The monoisotopic (exact) mass is 343 g/mol. The van der Waals surface area contributed by atoms with E-state index in [1.807, 2.05) is 48.5 Å². The topological polar surface area (TPSA) is 42.2 Å². The molecule has 0 aliphatic rings. The molecule has 0 bridgehead atoms. The summed E-state index contributed by atoms with van der Waals surface area (Å²) in [5.74, 6) is 1.26. The fraction of sp³-hybridized carbons (Fsp3) is 0.118. The van der Waals surface area contributed by atoms with E-state index in [1.54, 1.807) is 14.2 Å². The van der Waals surface area contributed by atoms with Gasteiger partial charge in [0.2, 0.25) is 0 Å². The summed E-state index contributed by atoms with van der Waals surface area (Å²) < 4.78 is 11.4. The van der Waals surface area contributed by atoms with Crippen LogP contribution in [0.5, 0.6) is 11.5 Å². The van der Waals surface area contributed by atoms with E-state index in [0.29, 0.717) is 17.1 Å². The number of rotatable bonds is 4. The van der Waals surface area contributed by atoms with Gasteiger partial charge in [-0.25, -0.2) is 0 Å². The van der Waals surface area contributed by atoms with Crippen LogP contribution in [-0.2, 0) is 0 Å². The second-order valence-corrected chi connectivity index (χ2v) is 5.12. The zero-order valence-corrected chi connectivity index (χ0v) is 13.3. The molecule has 0 heterocycles. The molecule has 106 valence electrons. The van der Waals surface area contributed by atoms with Crippen molar-refractivity contribution in [3.05, 3.63) is 58.1 Å². The lowest BCUT2D eigenvalue weighted by Crippen LogP contribution is -1.92. The van der Waals surface area contributed by atoms with Gasteiger partial charge in [-0.1, -0.05) is 46.3 Å². The van der Waals surface area contributed by atoms with Gasteiger partial charge in [0.05, 0.1) is 25.9 Å². The van der Waals surface area contributed by atoms with Crippen LogP contribution in [0.1, 0.15) is 11.1 Å². The number of benzene rings is 2. The quantitative estimate of drug-likeness (QED) is 0.604. The van der Waals surface area contributed by atoms with Crippen LogP contribution in [-0.4, -0.2) is 14.2 Å². The first-order valence-electron chi connectivity index (χ1n) is 6.28. The first-order chi connectivity index (χ1) is 10.2. The highest BCUT2D eigenvalue weighted by molar-refractivity contribution is 9.10. The van der Waals surface area contributed by atoms with Gasteiger partial charge in [0.15, 0.2) is 11.5 Å². The minimum absolute atomic E-state index is 0.587. The predicted octanol–water partition coefficient (Wildman–Crippen LogP) is 4.53. The van der Waals surface area contributed by atoms with Gasteiger partial charge in [0.1, 0.15) is 0 Å². The number of hydrogen-bond donors (Lipinski definition) is 0. The Morgan fingerprint density at radius 1 is 1.10 bits per heavy atom. The lowest BCUT2D eigenvalue weighted by atomic mass is 10.0. The molecule has 3 nitrogen and oxygen atoms in total. The molecule has 21 heavy (non-hydrogen) atoms. The van der Waals surface area contributed by atoms with E-state index in [2.05, 4.69) is 22.0 Å². The van der Waals surface area contributed by atoms with Gasteiger partial charge in [-0.2, -0.15) is 5.26 Å². The van der Waals surface area contributed by atoms with Crippen molar-refractivity contribution in [3.63, 3.8) is 0 Å². The molecule has 2 aromatic rings. The van der Waals surface area contributed by atoms with Crippen LogP contribution in [0.25, 0.3) is 11.6 Å². The van der Waals surface area contributed by atoms with Crippen molar-refractivity contribution in [2.24, 2.45) is 0 Å².